The molecule has 106 valence electrons. The number of carbonyl (C=O) groups excluding carboxylic acids is 2. The molecule has 2 aromatic carbocycles. The number of hydrogen-bond donors (Lipinski definition) is 0. The molecule has 0 bridgehead atoms. The Morgan fingerprint density at radius 3 is 2.00 bits per heavy atom. The normalized spacial score (nSPS) is 13.6. The topological polar surface area (TPSA) is 37.4 Å². The van der Waals surface area contributed by atoms with Gasteiger partial charge in [-0.25, -0.2) is 0 Å². The number of hydrogen-bond acceptors (Lipinski definition) is 3. The molecule has 2 aromatic rings. The van der Waals surface area contributed by atoms with Crippen molar-refractivity contribution in [3.05, 3.63) is 71.3 Å². The second kappa shape index (κ2) is 6.14. The summed E-state index contributed by atoms with van der Waals surface area (Å²) in [5, 5.41) is 0. The van der Waals surface area contributed by atoms with Gasteiger partial charge < -0.3 is 0 Å². The highest BCUT2D eigenvalue weighted by atomic mass is 32.2. The van der Waals surface area contributed by atoms with E-state index in [4.69, 9.17) is 0 Å². The first-order valence-corrected chi connectivity index (χ1v) is 8.00. The fourth-order valence-corrected chi connectivity index (χ4v) is 3.27. The molecule has 1 aliphatic heterocycles. The van der Waals surface area contributed by atoms with Crippen LogP contribution in [0.3, 0.4) is 0 Å². The van der Waals surface area contributed by atoms with Crippen LogP contribution < -0.4 is 0 Å². The third-order valence-electron chi connectivity index (χ3n) is 3.48. The quantitative estimate of drug-likeness (QED) is 0.628. The third-order valence-corrected chi connectivity index (χ3v) is 4.41. The van der Waals surface area contributed by atoms with Crippen LogP contribution in [0.1, 0.15) is 26.3 Å². The molecular weight excluding hydrogens is 282 g/mol. The molecule has 2 amide bonds. The molecule has 0 aromatic heterocycles. The first kappa shape index (κ1) is 13.9. The van der Waals surface area contributed by atoms with E-state index in [-0.39, 0.29) is 11.8 Å². The molecule has 0 N–H and O–H groups in total. The molecule has 0 atom stereocenters. The van der Waals surface area contributed by atoms with Gasteiger partial charge in [-0.15, -0.1) is 11.8 Å². The van der Waals surface area contributed by atoms with Crippen LogP contribution in [0.4, 0.5) is 0 Å². The summed E-state index contributed by atoms with van der Waals surface area (Å²) in [4.78, 5) is 25.7. The Bertz CT molecular complexity index is 635. The van der Waals surface area contributed by atoms with Crippen LogP contribution >= 0.6 is 11.8 Å². The second-order valence-corrected chi connectivity index (χ2v) is 5.93. The van der Waals surface area contributed by atoms with Gasteiger partial charge in [-0.2, -0.15) is 0 Å². The fourth-order valence-electron chi connectivity index (χ4n) is 2.35. The average molecular weight is 297 g/mol. The summed E-state index contributed by atoms with van der Waals surface area (Å²) in [7, 11) is 0. The minimum atomic E-state index is -0.178. The molecule has 0 saturated heterocycles. The van der Waals surface area contributed by atoms with Crippen molar-refractivity contribution in [2.45, 2.75) is 6.42 Å². The van der Waals surface area contributed by atoms with Crippen LogP contribution in [0.25, 0.3) is 0 Å². The molecule has 4 heteroatoms. The van der Waals surface area contributed by atoms with E-state index in [0.29, 0.717) is 17.0 Å². The van der Waals surface area contributed by atoms with Crippen LogP contribution in [0.2, 0.25) is 0 Å². The number of imide groups is 1. The van der Waals surface area contributed by atoms with Crippen molar-refractivity contribution >= 4 is 23.6 Å². The smallest absolute Gasteiger partial charge is 0.262 e. The predicted molar refractivity (Wildman–Crippen MR) is 84.4 cm³/mol. The zero-order valence-corrected chi connectivity index (χ0v) is 12.3. The largest absolute Gasteiger partial charge is 0.269 e. The van der Waals surface area contributed by atoms with Crippen molar-refractivity contribution in [3.63, 3.8) is 0 Å². The zero-order valence-electron chi connectivity index (χ0n) is 11.5. The number of amides is 2. The van der Waals surface area contributed by atoms with Gasteiger partial charge in [0.05, 0.1) is 17.0 Å². The molecule has 0 aliphatic carbocycles. The Morgan fingerprint density at radius 2 is 1.38 bits per heavy atom. The van der Waals surface area contributed by atoms with Crippen molar-refractivity contribution < 1.29 is 9.59 Å². The fraction of sp³-hybridized carbons (Fsp3) is 0.176. The first-order chi connectivity index (χ1) is 10.3. The maximum absolute atomic E-state index is 12.2. The van der Waals surface area contributed by atoms with Gasteiger partial charge in [0, 0.05) is 0 Å². The summed E-state index contributed by atoms with van der Waals surface area (Å²) in [5.41, 5.74) is 2.31. The summed E-state index contributed by atoms with van der Waals surface area (Å²) < 4.78 is 0. The lowest BCUT2D eigenvalue weighted by atomic mass is 10.1. The summed E-state index contributed by atoms with van der Waals surface area (Å²) in [6.45, 7) is 0. The van der Waals surface area contributed by atoms with Crippen LogP contribution in [-0.4, -0.2) is 28.3 Å². The molecule has 0 unspecified atom stereocenters. The SMILES string of the molecule is O=C1c2ccccc2C(=O)N1CSCCc1ccccc1. The minimum absolute atomic E-state index is 0.178. The van der Waals surface area contributed by atoms with E-state index in [1.165, 1.54) is 10.5 Å². The van der Waals surface area contributed by atoms with Gasteiger partial charge in [0.1, 0.15) is 0 Å². The molecule has 21 heavy (non-hydrogen) atoms. The molecule has 0 spiro atoms. The molecule has 3 nitrogen and oxygen atoms in total. The molecular formula is C17H15NO2S. The Labute approximate surface area is 128 Å². The summed E-state index contributed by atoms with van der Waals surface area (Å²) in [6, 6.07) is 17.2. The lowest BCUT2D eigenvalue weighted by Crippen LogP contribution is -2.29. The minimum Gasteiger partial charge on any atom is -0.269 e. The summed E-state index contributed by atoms with van der Waals surface area (Å²) >= 11 is 1.61. The number of carbonyl (C=O) groups is 2. The van der Waals surface area contributed by atoms with Crippen LogP contribution in [0.5, 0.6) is 0 Å². The predicted octanol–water partition coefficient (Wildman–Crippen LogP) is 3.22. The standard InChI is InChI=1S/C17H15NO2S/c19-16-14-8-4-5-9-15(14)17(20)18(16)12-21-11-10-13-6-2-1-3-7-13/h1-9H,10-12H2. The molecule has 0 saturated carbocycles. The summed E-state index contributed by atoms with van der Waals surface area (Å²) in [5.74, 6) is 0.946. The lowest BCUT2D eigenvalue weighted by molar-refractivity contribution is 0.0684. The van der Waals surface area contributed by atoms with E-state index < -0.39 is 0 Å². The number of thioether (sulfide) groups is 1. The molecule has 3 rings (SSSR count). The first-order valence-electron chi connectivity index (χ1n) is 6.84. The zero-order chi connectivity index (χ0) is 14.7. The van der Waals surface area contributed by atoms with E-state index in [1.807, 2.05) is 18.2 Å². The number of benzene rings is 2. The van der Waals surface area contributed by atoms with Gasteiger partial charge in [-0.05, 0) is 29.9 Å². The maximum Gasteiger partial charge on any atom is 0.262 e. The highest BCUT2D eigenvalue weighted by molar-refractivity contribution is 7.99. The molecule has 1 aliphatic rings. The van der Waals surface area contributed by atoms with Gasteiger partial charge in [0.25, 0.3) is 11.8 Å². The lowest BCUT2D eigenvalue weighted by Gasteiger charge is -2.13. The van der Waals surface area contributed by atoms with E-state index >= 15 is 0 Å². The van der Waals surface area contributed by atoms with Crippen molar-refractivity contribution in [1.29, 1.82) is 0 Å². The van der Waals surface area contributed by atoms with E-state index in [1.54, 1.807) is 36.0 Å². The Morgan fingerprint density at radius 1 is 0.810 bits per heavy atom. The van der Waals surface area contributed by atoms with E-state index in [2.05, 4.69) is 12.1 Å². The Balaban J connectivity index is 1.55. The van der Waals surface area contributed by atoms with Crippen molar-refractivity contribution in [3.8, 4) is 0 Å². The summed E-state index contributed by atoms with van der Waals surface area (Å²) in [6.07, 6.45) is 0.939. The number of rotatable bonds is 5. The molecule has 1 heterocycles. The average Bonchev–Trinajstić information content (AvgIpc) is 2.77. The van der Waals surface area contributed by atoms with Crippen molar-refractivity contribution in [2.75, 3.05) is 11.6 Å². The van der Waals surface area contributed by atoms with Crippen molar-refractivity contribution in [2.24, 2.45) is 0 Å². The van der Waals surface area contributed by atoms with E-state index in [9.17, 15) is 9.59 Å². The third kappa shape index (κ3) is 2.85. The van der Waals surface area contributed by atoms with Crippen molar-refractivity contribution in [1.82, 2.24) is 4.90 Å². The van der Waals surface area contributed by atoms with Gasteiger partial charge in [0.2, 0.25) is 0 Å². The monoisotopic (exact) mass is 297 g/mol. The van der Waals surface area contributed by atoms with Crippen LogP contribution in [0, 0.1) is 0 Å². The maximum atomic E-state index is 12.2. The second-order valence-electron chi connectivity index (χ2n) is 4.86. The number of fused-ring (bicyclic) bond motifs is 1. The van der Waals surface area contributed by atoms with E-state index in [0.717, 1.165) is 12.2 Å². The van der Waals surface area contributed by atoms with Gasteiger partial charge >= 0.3 is 0 Å². The van der Waals surface area contributed by atoms with Crippen LogP contribution in [-0.2, 0) is 6.42 Å². The van der Waals surface area contributed by atoms with Crippen LogP contribution in [0.15, 0.2) is 54.6 Å². The molecule has 0 radical (unpaired) electrons. The number of aryl methyl sites for hydroxylation is 1. The Kier molecular flexibility index (Phi) is 4.06. The molecule has 0 fully saturated rings. The number of nitrogens with zero attached hydrogens (tertiary/aromatic N) is 1. The van der Waals surface area contributed by atoms with Gasteiger partial charge in [-0.3, -0.25) is 14.5 Å². The van der Waals surface area contributed by atoms with Gasteiger partial charge in [-0.1, -0.05) is 42.5 Å². The van der Waals surface area contributed by atoms with Gasteiger partial charge in [0.15, 0.2) is 0 Å². The highest BCUT2D eigenvalue weighted by Crippen LogP contribution is 2.24. The Hall–Kier alpha value is -2.07. The highest BCUT2D eigenvalue weighted by Gasteiger charge is 2.34.